The molecule has 1 aliphatic rings. The number of hydrogen-bond acceptors (Lipinski definition) is 2. The van der Waals surface area contributed by atoms with Crippen molar-refractivity contribution in [3.8, 4) is 0 Å². The summed E-state index contributed by atoms with van der Waals surface area (Å²) >= 11 is 0. The van der Waals surface area contributed by atoms with Crippen LogP contribution < -0.4 is 5.32 Å². The van der Waals surface area contributed by atoms with Gasteiger partial charge in [-0.3, -0.25) is 4.79 Å². The Kier molecular flexibility index (Phi) is 3.11. The van der Waals surface area contributed by atoms with Crippen molar-refractivity contribution in [2.24, 2.45) is 5.41 Å². The van der Waals surface area contributed by atoms with Gasteiger partial charge in [-0.25, -0.2) is 8.78 Å². The standard InChI is InChI=1S/C12H13F2NO2/c13-8-2-1-3-9(14)10(8)11(17)15-6-12(7-16)4-5-12/h1-3,16H,4-7H2,(H,15,17). The van der Waals surface area contributed by atoms with Gasteiger partial charge in [-0.05, 0) is 25.0 Å². The molecule has 0 saturated heterocycles. The molecular formula is C12H13F2NO2. The van der Waals surface area contributed by atoms with Crippen molar-refractivity contribution in [1.82, 2.24) is 5.32 Å². The summed E-state index contributed by atoms with van der Waals surface area (Å²) in [5.74, 6) is -2.53. The average molecular weight is 241 g/mol. The molecule has 17 heavy (non-hydrogen) atoms. The maximum Gasteiger partial charge on any atom is 0.257 e. The molecule has 92 valence electrons. The van der Waals surface area contributed by atoms with Gasteiger partial charge in [0.25, 0.3) is 5.91 Å². The lowest BCUT2D eigenvalue weighted by molar-refractivity contribution is 0.0927. The Morgan fingerprint density at radius 3 is 2.41 bits per heavy atom. The van der Waals surface area contributed by atoms with E-state index in [4.69, 9.17) is 5.11 Å². The number of halogens is 2. The zero-order chi connectivity index (χ0) is 12.5. The zero-order valence-corrected chi connectivity index (χ0v) is 9.17. The molecule has 2 rings (SSSR count). The van der Waals surface area contributed by atoms with E-state index >= 15 is 0 Å². The minimum absolute atomic E-state index is 0.0208. The van der Waals surface area contributed by atoms with Gasteiger partial charge < -0.3 is 10.4 Å². The summed E-state index contributed by atoms with van der Waals surface area (Å²) < 4.78 is 26.5. The van der Waals surface area contributed by atoms with E-state index in [2.05, 4.69) is 5.32 Å². The van der Waals surface area contributed by atoms with Crippen molar-refractivity contribution in [3.63, 3.8) is 0 Å². The molecule has 0 aliphatic heterocycles. The van der Waals surface area contributed by atoms with Gasteiger partial charge in [0, 0.05) is 12.0 Å². The van der Waals surface area contributed by atoms with E-state index in [1.54, 1.807) is 0 Å². The predicted octanol–water partition coefficient (Wildman–Crippen LogP) is 1.47. The summed E-state index contributed by atoms with van der Waals surface area (Å²) in [6, 6.07) is 3.28. The van der Waals surface area contributed by atoms with E-state index < -0.39 is 23.1 Å². The monoisotopic (exact) mass is 241 g/mol. The van der Waals surface area contributed by atoms with Crippen LogP contribution in [0.1, 0.15) is 23.2 Å². The third-order valence-corrected chi connectivity index (χ3v) is 3.11. The van der Waals surface area contributed by atoms with Gasteiger partial charge in [0.05, 0.1) is 6.61 Å². The molecule has 0 aromatic heterocycles. The molecule has 0 bridgehead atoms. The molecule has 1 fully saturated rings. The number of aliphatic hydroxyl groups is 1. The van der Waals surface area contributed by atoms with E-state index in [1.807, 2.05) is 0 Å². The highest BCUT2D eigenvalue weighted by Gasteiger charge is 2.42. The molecule has 1 amide bonds. The molecule has 1 saturated carbocycles. The average Bonchev–Trinajstić information content (AvgIpc) is 3.07. The third kappa shape index (κ3) is 2.44. The topological polar surface area (TPSA) is 49.3 Å². The molecule has 1 aromatic carbocycles. The molecule has 0 heterocycles. The fourth-order valence-corrected chi connectivity index (χ4v) is 1.64. The van der Waals surface area contributed by atoms with E-state index in [9.17, 15) is 13.6 Å². The van der Waals surface area contributed by atoms with Crippen LogP contribution in [-0.4, -0.2) is 24.2 Å². The first kappa shape index (κ1) is 12.0. The van der Waals surface area contributed by atoms with Gasteiger partial charge in [-0.2, -0.15) is 0 Å². The fourth-order valence-electron chi connectivity index (χ4n) is 1.64. The van der Waals surface area contributed by atoms with Gasteiger partial charge >= 0.3 is 0 Å². The third-order valence-electron chi connectivity index (χ3n) is 3.11. The number of carbonyl (C=O) groups is 1. The van der Waals surface area contributed by atoms with Crippen LogP contribution in [0.4, 0.5) is 8.78 Å². The van der Waals surface area contributed by atoms with Gasteiger partial charge in [-0.15, -0.1) is 0 Å². The van der Waals surface area contributed by atoms with Crippen LogP contribution in [0.25, 0.3) is 0 Å². The molecule has 2 N–H and O–H groups in total. The van der Waals surface area contributed by atoms with Crippen LogP contribution >= 0.6 is 0 Å². The Balaban J connectivity index is 2.05. The van der Waals surface area contributed by atoms with E-state index in [1.165, 1.54) is 6.07 Å². The van der Waals surface area contributed by atoms with Gasteiger partial charge in [0.15, 0.2) is 0 Å². The summed E-state index contributed by atoms with van der Waals surface area (Å²) in [7, 11) is 0. The number of benzene rings is 1. The normalized spacial score (nSPS) is 16.6. The highest BCUT2D eigenvalue weighted by atomic mass is 19.1. The highest BCUT2D eigenvalue weighted by molar-refractivity contribution is 5.94. The second kappa shape index (κ2) is 4.41. The van der Waals surface area contributed by atoms with Crippen LogP contribution in [0.15, 0.2) is 18.2 Å². The van der Waals surface area contributed by atoms with Gasteiger partial charge in [0.1, 0.15) is 17.2 Å². The number of carbonyl (C=O) groups excluding carboxylic acids is 1. The molecule has 3 nitrogen and oxygen atoms in total. The number of amides is 1. The number of aliphatic hydroxyl groups excluding tert-OH is 1. The van der Waals surface area contributed by atoms with Crippen molar-refractivity contribution >= 4 is 5.91 Å². The minimum atomic E-state index is -0.878. The first-order chi connectivity index (χ1) is 8.08. The number of nitrogens with one attached hydrogen (secondary N) is 1. The van der Waals surface area contributed by atoms with E-state index in [0.717, 1.165) is 25.0 Å². The first-order valence-corrected chi connectivity index (χ1v) is 5.41. The lowest BCUT2D eigenvalue weighted by Crippen LogP contribution is -2.32. The Bertz CT molecular complexity index is 424. The van der Waals surface area contributed by atoms with Crippen LogP contribution in [-0.2, 0) is 0 Å². The minimum Gasteiger partial charge on any atom is -0.396 e. The van der Waals surface area contributed by atoms with E-state index in [0.29, 0.717) is 0 Å². The Labute approximate surface area is 97.5 Å². The van der Waals surface area contributed by atoms with Gasteiger partial charge in [0.2, 0.25) is 0 Å². The number of hydrogen-bond donors (Lipinski definition) is 2. The lowest BCUT2D eigenvalue weighted by atomic mass is 10.1. The fraction of sp³-hybridized carbons (Fsp3) is 0.417. The van der Waals surface area contributed by atoms with Crippen molar-refractivity contribution in [1.29, 1.82) is 0 Å². The summed E-state index contributed by atoms with van der Waals surface area (Å²) in [6.45, 7) is 0.225. The molecule has 1 aromatic rings. The van der Waals surface area contributed by atoms with Crippen molar-refractivity contribution < 1.29 is 18.7 Å². The largest absolute Gasteiger partial charge is 0.396 e. The lowest BCUT2D eigenvalue weighted by Gasteiger charge is -2.13. The van der Waals surface area contributed by atoms with Crippen molar-refractivity contribution in [3.05, 3.63) is 35.4 Å². The zero-order valence-electron chi connectivity index (χ0n) is 9.17. The summed E-state index contributed by atoms with van der Waals surface area (Å²) in [6.07, 6.45) is 1.65. The molecule has 0 atom stereocenters. The second-order valence-electron chi connectivity index (χ2n) is 4.44. The van der Waals surface area contributed by atoms with Crippen LogP contribution in [0.5, 0.6) is 0 Å². The van der Waals surface area contributed by atoms with Crippen molar-refractivity contribution in [2.75, 3.05) is 13.2 Å². The Morgan fingerprint density at radius 1 is 1.35 bits per heavy atom. The summed E-state index contributed by atoms with van der Waals surface area (Å²) in [5.41, 5.74) is -0.849. The molecule has 1 aliphatic carbocycles. The molecule has 5 heteroatoms. The van der Waals surface area contributed by atoms with Crippen LogP contribution in [0.2, 0.25) is 0 Å². The highest BCUT2D eigenvalue weighted by Crippen LogP contribution is 2.44. The second-order valence-corrected chi connectivity index (χ2v) is 4.44. The Hall–Kier alpha value is -1.49. The SMILES string of the molecule is O=C(NCC1(CO)CC1)c1c(F)cccc1F. The number of rotatable bonds is 4. The van der Waals surface area contributed by atoms with Gasteiger partial charge in [-0.1, -0.05) is 6.07 Å². The Morgan fingerprint density at radius 2 is 1.94 bits per heavy atom. The smallest absolute Gasteiger partial charge is 0.257 e. The molecule has 0 unspecified atom stereocenters. The van der Waals surface area contributed by atoms with Crippen LogP contribution in [0.3, 0.4) is 0 Å². The maximum atomic E-state index is 13.3. The van der Waals surface area contributed by atoms with Crippen molar-refractivity contribution in [2.45, 2.75) is 12.8 Å². The summed E-state index contributed by atoms with van der Waals surface area (Å²) in [4.78, 5) is 11.6. The first-order valence-electron chi connectivity index (χ1n) is 5.41. The molecule has 0 radical (unpaired) electrons. The molecular weight excluding hydrogens is 228 g/mol. The van der Waals surface area contributed by atoms with Crippen LogP contribution in [0, 0.1) is 17.0 Å². The molecule has 0 spiro atoms. The quantitative estimate of drug-likeness (QED) is 0.838. The maximum absolute atomic E-state index is 13.3. The van der Waals surface area contributed by atoms with E-state index in [-0.39, 0.29) is 18.6 Å². The summed E-state index contributed by atoms with van der Waals surface area (Å²) in [5, 5.41) is 11.5. The predicted molar refractivity (Wildman–Crippen MR) is 57.4 cm³/mol.